The number of carboxylic acids is 2. The number of ether oxygens (including phenoxy) is 1. The minimum Gasteiger partial charge on any atom is -0.481 e. The van der Waals surface area contributed by atoms with E-state index in [1.807, 2.05) is 60.7 Å². The predicted molar refractivity (Wildman–Crippen MR) is 108 cm³/mol. The molecular formula is C22H22N2O6. The number of hydrogen-bond acceptors (Lipinski definition) is 5. The first-order valence-corrected chi connectivity index (χ1v) is 9.05. The minimum absolute atomic E-state index is 0.296. The average molecular weight is 410 g/mol. The number of aliphatic carboxylic acids is 2. The van der Waals surface area contributed by atoms with Crippen molar-refractivity contribution in [3.05, 3.63) is 90.0 Å². The van der Waals surface area contributed by atoms with Gasteiger partial charge in [-0.2, -0.15) is 0 Å². The number of aromatic nitrogens is 2. The minimum atomic E-state index is -1.11. The van der Waals surface area contributed by atoms with E-state index in [0.29, 0.717) is 5.82 Å². The summed E-state index contributed by atoms with van der Waals surface area (Å²) in [5, 5.41) is 15.8. The van der Waals surface area contributed by atoms with E-state index in [9.17, 15) is 14.4 Å². The highest BCUT2D eigenvalue weighted by molar-refractivity contribution is 5.91. The predicted octanol–water partition coefficient (Wildman–Crippen LogP) is 2.85. The van der Waals surface area contributed by atoms with Crippen LogP contribution in [0.4, 0.5) is 0 Å². The number of H-pyrrole nitrogens is 1. The van der Waals surface area contributed by atoms with Crippen molar-refractivity contribution >= 4 is 17.9 Å². The van der Waals surface area contributed by atoms with Gasteiger partial charge in [-0.15, -0.1) is 0 Å². The van der Waals surface area contributed by atoms with Crippen molar-refractivity contribution < 1.29 is 29.3 Å². The summed E-state index contributed by atoms with van der Waals surface area (Å²) in [5.74, 6) is -1.99. The number of nitrogens with zero attached hydrogens (tertiary/aromatic N) is 1. The molecule has 0 fully saturated rings. The van der Waals surface area contributed by atoms with Crippen LogP contribution in [0.2, 0.25) is 0 Å². The Morgan fingerprint density at radius 3 is 1.70 bits per heavy atom. The maximum Gasteiger partial charge on any atom is 0.328 e. The van der Waals surface area contributed by atoms with Crippen LogP contribution < -0.4 is 0 Å². The molecule has 0 bridgehead atoms. The van der Waals surface area contributed by atoms with Crippen LogP contribution >= 0.6 is 0 Å². The van der Waals surface area contributed by atoms with Crippen LogP contribution in [0.25, 0.3) is 0 Å². The van der Waals surface area contributed by atoms with Gasteiger partial charge in [-0.1, -0.05) is 60.7 Å². The summed E-state index contributed by atoms with van der Waals surface area (Å²) in [6, 6.07) is 19.1. The highest BCUT2D eigenvalue weighted by atomic mass is 16.5. The second-order valence-electron chi connectivity index (χ2n) is 6.20. The molecule has 1 heterocycles. The highest BCUT2D eigenvalue weighted by Gasteiger charge is 2.47. The maximum atomic E-state index is 12.9. The van der Waals surface area contributed by atoms with Crippen LogP contribution in [-0.2, 0) is 24.5 Å². The lowest BCUT2D eigenvalue weighted by Gasteiger charge is -2.30. The molecule has 156 valence electrons. The maximum absolute atomic E-state index is 12.9. The number of carboxylic acid groups (broad SMARTS) is 2. The molecule has 0 saturated carbocycles. The molecule has 0 aliphatic carbocycles. The highest BCUT2D eigenvalue weighted by Crippen LogP contribution is 2.38. The molecule has 0 amide bonds. The SMILES string of the molecule is COC(=O)C(c1ccccc1)(c1ccccc1)c1ncc[nH]1.O=C(O)CCC(=O)O. The molecule has 30 heavy (non-hydrogen) atoms. The third-order valence-electron chi connectivity index (χ3n) is 4.31. The molecule has 0 unspecified atom stereocenters. The van der Waals surface area contributed by atoms with E-state index < -0.39 is 17.4 Å². The van der Waals surface area contributed by atoms with Crippen LogP contribution in [0.3, 0.4) is 0 Å². The number of aromatic amines is 1. The average Bonchev–Trinajstić information content (AvgIpc) is 3.30. The van der Waals surface area contributed by atoms with E-state index in [0.717, 1.165) is 11.1 Å². The van der Waals surface area contributed by atoms with Gasteiger partial charge in [0.05, 0.1) is 20.0 Å². The first-order valence-electron chi connectivity index (χ1n) is 9.05. The van der Waals surface area contributed by atoms with Gasteiger partial charge < -0.3 is 19.9 Å². The summed E-state index contributed by atoms with van der Waals surface area (Å²) >= 11 is 0. The Morgan fingerprint density at radius 1 is 0.900 bits per heavy atom. The zero-order valence-corrected chi connectivity index (χ0v) is 16.3. The monoisotopic (exact) mass is 410 g/mol. The van der Waals surface area contributed by atoms with Crippen molar-refractivity contribution in [3.8, 4) is 0 Å². The van der Waals surface area contributed by atoms with Gasteiger partial charge in [0, 0.05) is 12.4 Å². The Labute approximate surface area is 173 Å². The molecule has 0 aliphatic heterocycles. The lowest BCUT2D eigenvalue weighted by Crippen LogP contribution is -2.40. The van der Waals surface area contributed by atoms with Crippen LogP contribution in [0, 0.1) is 0 Å². The van der Waals surface area contributed by atoms with Crippen molar-refractivity contribution in [2.75, 3.05) is 7.11 Å². The van der Waals surface area contributed by atoms with E-state index in [1.54, 1.807) is 12.4 Å². The molecule has 3 N–H and O–H groups in total. The standard InChI is InChI=1S/C18H16N2O2.C4H6O4/c1-22-17(21)18(16-19-12-13-20-16,14-8-4-2-5-9-14)15-10-6-3-7-11-15;5-3(6)1-2-4(7)8/h2-13H,1H3,(H,19,20);1-2H2,(H,5,6)(H,7,8). The van der Waals surface area contributed by atoms with Gasteiger partial charge in [0.1, 0.15) is 5.82 Å². The fraction of sp³-hybridized carbons (Fsp3) is 0.182. The van der Waals surface area contributed by atoms with Crippen LogP contribution in [-0.4, -0.2) is 45.2 Å². The Hall–Kier alpha value is -3.94. The lowest BCUT2D eigenvalue weighted by atomic mass is 9.73. The first-order chi connectivity index (χ1) is 14.4. The third kappa shape index (κ3) is 5.11. The van der Waals surface area contributed by atoms with Gasteiger partial charge in [-0.3, -0.25) is 14.4 Å². The first kappa shape index (κ1) is 22.4. The van der Waals surface area contributed by atoms with E-state index in [2.05, 4.69) is 9.97 Å². The fourth-order valence-corrected chi connectivity index (χ4v) is 2.99. The van der Waals surface area contributed by atoms with Crippen molar-refractivity contribution in [2.45, 2.75) is 18.3 Å². The van der Waals surface area contributed by atoms with Gasteiger partial charge in [0.15, 0.2) is 5.41 Å². The van der Waals surface area contributed by atoms with Crippen LogP contribution in [0.5, 0.6) is 0 Å². The van der Waals surface area contributed by atoms with Gasteiger partial charge in [0.2, 0.25) is 0 Å². The van der Waals surface area contributed by atoms with E-state index >= 15 is 0 Å². The van der Waals surface area contributed by atoms with Gasteiger partial charge in [0.25, 0.3) is 0 Å². The summed E-state index contributed by atoms with van der Waals surface area (Å²) in [5.41, 5.74) is 0.506. The summed E-state index contributed by atoms with van der Waals surface area (Å²) in [6.07, 6.45) is 2.75. The second-order valence-corrected chi connectivity index (χ2v) is 6.20. The number of hydrogen-bond donors (Lipinski definition) is 3. The number of carbonyl (C=O) groups is 3. The molecule has 3 aromatic rings. The van der Waals surface area contributed by atoms with E-state index in [4.69, 9.17) is 14.9 Å². The molecule has 1 aromatic heterocycles. The lowest BCUT2D eigenvalue weighted by molar-refractivity contribution is -0.144. The number of rotatable bonds is 7. The van der Waals surface area contributed by atoms with Gasteiger partial charge in [-0.25, -0.2) is 4.98 Å². The summed E-state index contributed by atoms with van der Waals surface area (Å²) < 4.78 is 5.15. The number of esters is 1. The quantitative estimate of drug-likeness (QED) is 0.511. The number of benzene rings is 2. The van der Waals surface area contributed by atoms with Crippen LogP contribution in [0.15, 0.2) is 73.1 Å². The molecule has 0 saturated heterocycles. The third-order valence-corrected chi connectivity index (χ3v) is 4.31. The topological polar surface area (TPSA) is 130 Å². The van der Waals surface area contributed by atoms with Crippen molar-refractivity contribution in [1.82, 2.24) is 9.97 Å². The molecule has 0 atom stereocenters. The molecule has 0 radical (unpaired) electrons. The molecule has 3 rings (SSSR count). The van der Waals surface area contributed by atoms with E-state index in [1.165, 1.54) is 7.11 Å². The molecule has 8 heteroatoms. The second kappa shape index (κ2) is 10.6. The fourth-order valence-electron chi connectivity index (χ4n) is 2.99. The summed E-state index contributed by atoms with van der Waals surface area (Å²) in [4.78, 5) is 39.6. The number of carbonyl (C=O) groups excluding carboxylic acids is 1. The molecule has 2 aromatic carbocycles. The Kier molecular flexibility index (Phi) is 7.87. The van der Waals surface area contributed by atoms with Crippen molar-refractivity contribution in [1.29, 1.82) is 0 Å². The van der Waals surface area contributed by atoms with Gasteiger partial charge in [-0.05, 0) is 11.1 Å². The van der Waals surface area contributed by atoms with Crippen LogP contribution in [0.1, 0.15) is 29.8 Å². The molecule has 8 nitrogen and oxygen atoms in total. The zero-order chi connectivity index (χ0) is 22.0. The smallest absolute Gasteiger partial charge is 0.328 e. The Balaban J connectivity index is 0.000000343. The normalized spacial score (nSPS) is 10.4. The zero-order valence-electron chi connectivity index (χ0n) is 16.3. The summed E-state index contributed by atoms with van der Waals surface area (Å²) in [6.45, 7) is 0. The number of nitrogens with one attached hydrogen (secondary N) is 1. The molecule has 0 aliphatic rings. The Morgan fingerprint density at radius 2 is 1.37 bits per heavy atom. The van der Waals surface area contributed by atoms with Gasteiger partial charge >= 0.3 is 17.9 Å². The van der Waals surface area contributed by atoms with Crippen molar-refractivity contribution in [3.63, 3.8) is 0 Å². The number of methoxy groups -OCH3 is 1. The summed E-state index contributed by atoms with van der Waals surface area (Å²) in [7, 11) is 1.39. The number of imidazole rings is 1. The van der Waals surface area contributed by atoms with Crippen molar-refractivity contribution in [2.24, 2.45) is 0 Å². The molecular weight excluding hydrogens is 388 g/mol. The largest absolute Gasteiger partial charge is 0.481 e. The molecule has 0 spiro atoms. The van der Waals surface area contributed by atoms with E-state index in [-0.39, 0.29) is 18.8 Å². The Bertz CT molecular complexity index is 902.